The summed E-state index contributed by atoms with van der Waals surface area (Å²) in [6.07, 6.45) is 3.98. The highest BCUT2D eigenvalue weighted by Gasteiger charge is 2.19. The third kappa shape index (κ3) is 9.55. The Bertz CT molecular complexity index is 260. The van der Waals surface area contributed by atoms with Gasteiger partial charge in [-0.1, -0.05) is 6.08 Å². The molecule has 0 unspecified atom stereocenters. The van der Waals surface area contributed by atoms with E-state index in [-0.39, 0.29) is 30.7 Å². The smallest absolute Gasteiger partial charge is 0.234 e. The van der Waals surface area contributed by atoms with Crippen LogP contribution in [0.25, 0.3) is 0 Å². The molecule has 0 aromatic carbocycles. The zero-order chi connectivity index (χ0) is 13.2. The molecule has 0 aliphatic carbocycles. The van der Waals surface area contributed by atoms with E-state index in [4.69, 9.17) is 4.74 Å². The lowest BCUT2D eigenvalue weighted by Crippen LogP contribution is -2.47. The summed E-state index contributed by atoms with van der Waals surface area (Å²) in [5, 5.41) is 6.11. The van der Waals surface area contributed by atoms with Crippen molar-refractivity contribution >= 4 is 30.7 Å². The zero-order valence-electron chi connectivity index (χ0n) is 12.1. The molecule has 1 heterocycles. The number of hydrogen-bond acceptors (Lipinski definition) is 4. The summed E-state index contributed by atoms with van der Waals surface area (Å²) in [5.74, 6) is 0.0771. The summed E-state index contributed by atoms with van der Waals surface area (Å²) in [6.45, 7) is 8.47. The van der Waals surface area contributed by atoms with Gasteiger partial charge in [-0.2, -0.15) is 0 Å². The lowest BCUT2D eigenvalue weighted by molar-refractivity contribution is -0.121. The molecule has 1 aliphatic rings. The molecule has 1 saturated heterocycles. The Balaban J connectivity index is 0. The average Bonchev–Trinajstić information content (AvgIpc) is 2.37. The molecular formula is C13H27Cl2N3O2. The van der Waals surface area contributed by atoms with Crippen LogP contribution in [-0.2, 0) is 9.53 Å². The summed E-state index contributed by atoms with van der Waals surface area (Å²) in [6, 6.07) is 0.322. The van der Waals surface area contributed by atoms with Gasteiger partial charge in [-0.25, -0.2) is 0 Å². The highest BCUT2D eigenvalue weighted by molar-refractivity contribution is 5.85. The molecule has 0 saturated carbocycles. The van der Waals surface area contributed by atoms with Gasteiger partial charge in [-0.3, -0.25) is 9.69 Å². The van der Waals surface area contributed by atoms with Crippen LogP contribution in [0.2, 0.25) is 0 Å². The Kier molecular flexibility index (Phi) is 15.0. The molecule has 0 aromatic heterocycles. The predicted molar refractivity (Wildman–Crippen MR) is 87.0 cm³/mol. The van der Waals surface area contributed by atoms with Crippen LogP contribution in [0.1, 0.15) is 12.8 Å². The third-order valence-corrected chi connectivity index (χ3v) is 3.11. The quantitative estimate of drug-likeness (QED) is 0.512. The molecule has 1 aliphatic heterocycles. The minimum atomic E-state index is 0. The lowest BCUT2D eigenvalue weighted by Gasteiger charge is -2.31. The van der Waals surface area contributed by atoms with Crippen molar-refractivity contribution in [3.05, 3.63) is 12.7 Å². The molecule has 1 fully saturated rings. The van der Waals surface area contributed by atoms with Gasteiger partial charge in [-0.15, -0.1) is 31.4 Å². The Morgan fingerprint density at radius 2 is 2.05 bits per heavy atom. The van der Waals surface area contributed by atoms with Gasteiger partial charge >= 0.3 is 0 Å². The zero-order valence-corrected chi connectivity index (χ0v) is 13.7. The SMILES string of the molecule is C=CCN1CCC(NC(=O)CNCCOC)CC1.Cl.Cl. The predicted octanol–water partition coefficient (Wildman–Crippen LogP) is 0.833. The van der Waals surface area contributed by atoms with E-state index in [0.29, 0.717) is 25.7 Å². The van der Waals surface area contributed by atoms with E-state index >= 15 is 0 Å². The Labute approximate surface area is 134 Å². The molecule has 20 heavy (non-hydrogen) atoms. The molecule has 0 radical (unpaired) electrons. The molecule has 7 heteroatoms. The summed E-state index contributed by atoms with van der Waals surface area (Å²) < 4.78 is 4.90. The third-order valence-electron chi connectivity index (χ3n) is 3.11. The maximum absolute atomic E-state index is 11.6. The molecule has 0 aromatic rings. The first-order valence-corrected chi connectivity index (χ1v) is 6.58. The van der Waals surface area contributed by atoms with Crippen LogP contribution in [0.15, 0.2) is 12.7 Å². The highest BCUT2D eigenvalue weighted by atomic mass is 35.5. The normalized spacial score (nSPS) is 15.8. The minimum absolute atomic E-state index is 0. The van der Waals surface area contributed by atoms with Gasteiger partial charge in [0, 0.05) is 39.3 Å². The fourth-order valence-corrected chi connectivity index (χ4v) is 2.10. The van der Waals surface area contributed by atoms with E-state index in [9.17, 15) is 4.79 Å². The van der Waals surface area contributed by atoms with Gasteiger partial charge in [0.2, 0.25) is 5.91 Å². The van der Waals surface area contributed by atoms with Crippen LogP contribution in [0.5, 0.6) is 0 Å². The molecule has 2 N–H and O–H groups in total. The molecule has 0 atom stereocenters. The van der Waals surface area contributed by atoms with Crippen LogP contribution in [-0.4, -0.2) is 63.3 Å². The number of methoxy groups -OCH3 is 1. The number of rotatable bonds is 8. The van der Waals surface area contributed by atoms with Crippen molar-refractivity contribution in [3.8, 4) is 0 Å². The van der Waals surface area contributed by atoms with Gasteiger partial charge in [-0.05, 0) is 12.8 Å². The molecule has 120 valence electrons. The van der Waals surface area contributed by atoms with Crippen LogP contribution >= 0.6 is 24.8 Å². The van der Waals surface area contributed by atoms with Crippen LogP contribution in [0, 0.1) is 0 Å². The Hall–Kier alpha value is -0.330. The first-order valence-electron chi connectivity index (χ1n) is 6.58. The van der Waals surface area contributed by atoms with Gasteiger partial charge in [0.05, 0.1) is 13.2 Å². The summed E-state index contributed by atoms with van der Waals surface area (Å²) in [4.78, 5) is 14.0. The van der Waals surface area contributed by atoms with Gasteiger partial charge in [0.15, 0.2) is 0 Å². The largest absolute Gasteiger partial charge is 0.383 e. The first kappa shape index (κ1) is 22.0. The summed E-state index contributed by atoms with van der Waals surface area (Å²) in [7, 11) is 1.65. The molecule has 5 nitrogen and oxygen atoms in total. The second-order valence-corrected chi connectivity index (χ2v) is 4.60. The van der Waals surface area contributed by atoms with Crippen molar-refractivity contribution in [2.24, 2.45) is 0 Å². The number of nitrogens with one attached hydrogen (secondary N) is 2. The van der Waals surface area contributed by atoms with Crippen molar-refractivity contribution in [3.63, 3.8) is 0 Å². The van der Waals surface area contributed by atoms with E-state index in [1.807, 2.05) is 6.08 Å². The number of likely N-dealkylation sites (tertiary alicyclic amines) is 1. The monoisotopic (exact) mass is 327 g/mol. The molecule has 0 spiro atoms. The second-order valence-electron chi connectivity index (χ2n) is 4.60. The van der Waals surface area contributed by atoms with E-state index in [1.165, 1.54) is 0 Å². The van der Waals surface area contributed by atoms with Crippen molar-refractivity contribution in [2.75, 3.05) is 46.4 Å². The lowest BCUT2D eigenvalue weighted by atomic mass is 10.1. The molecule has 1 amide bonds. The molecular weight excluding hydrogens is 301 g/mol. The maximum atomic E-state index is 11.6. The average molecular weight is 328 g/mol. The fourth-order valence-electron chi connectivity index (χ4n) is 2.10. The van der Waals surface area contributed by atoms with Crippen LogP contribution in [0.4, 0.5) is 0 Å². The van der Waals surface area contributed by atoms with E-state index in [2.05, 4.69) is 22.1 Å². The van der Waals surface area contributed by atoms with Crippen LogP contribution < -0.4 is 10.6 Å². The van der Waals surface area contributed by atoms with Crippen LogP contribution in [0.3, 0.4) is 0 Å². The van der Waals surface area contributed by atoms with Crippen molar-refractivity contribution < 1.29 is 9.53 Å². The number of ether oxygens (including phenoxy) is 1. The molecule has 1 rings (SSSR count). The number of amides is 1. The standard InChI is InChI=1S/C13H25N3O2.2ClH/c1-3-7-16-8-4-12(5-9-16)15-13(17)11-14-6-10-18-2;;/h3,12,14H,1,4-11H2,2H3,(H,15,17);2*1H. The molecule has 0 bridgehead atoms. The number of piperidine rings is 1. The first-order chi connectivity index (χ1) is 8.76. The van der Waals surface area contributed by atoms with Crippen molar-refractivity contribution in [1.29, 1.82) is 0 Å². The number of nitrogens with zero attached hydrogens (tertiary/aromatic N) is 1. The topological polar surface area (TPSA) is 53.6 Å². The fraction of sp³-hybridized carbons (Fsp3) is 0.769. The number of carbonyl (C=O) groups excluding carboxylic acids is 1. The number of carbonyl (C=O) groups is 1. The van der Waals surface area contributed by atoms with E-state index in [1.54, 1.807) is 7.11 Å². The number of halogens is 2. The number of hydrogen-bond donors (Lipinski definition) is 2. The summed E-state index contributed by atoms with van der Waals surface area (Å²) in [5.41, 5.74) is 0. The highest BCUT2D eigenvalue weighted by Crippen LogP contribution is 2.09. The van der Waals surface area contributed by atoms with E-state index < -0.39 is 0 Å². The second kappa shape index (κ2) is 13.6. The van der Waals surface area contributed by atoms with Crippen molar-refractivity contribution in [1.82, 2.24) is 15.5 Å². The van der Waals surface area contributed by atoms with Gasteiger partial charge in [0.25, 0.3) is 0 Å². The maximum Gasteiger partial charge on any atom is 0.234 e. The van der Waals surface area contributed by atoms with Gasteiger partial charge in [0.1, 0.15) is 0 Å². The minimum Gasteiger partial charge on any atom is -0.383 e. The van der Waals surface area contributed by atoms with E-state index in [0.717, 1.165) is 32.5 Å². The Morgan fingerprint density at radius 3 is 2.60 bits per heavy atom. The van der Waals surface area contributed by atoms with Crippen molar-refractivity contribution in [2.45, 2.75) is 18.9 Å². The Morgan fingerprint density at radius 1 is 1.40 bits per heavy atom. The summed E-state index contributed by atoms with van der Waals surface area (Å²) >= 11 is 0. The van der Waals surface area contributed by atoms with Gasteiger partial charge < -0.3 is 15.4 Å².